The third-order valence-corrected chi connectivity index (χ3v) is 3.10. The number of amides is 1. The van der Waals surface area contributed by atoms with E-state index in [-0.39, 0.29) is 18.3 Å². The average molecular weight is 317 g/mol. The van der Waals surface area contributed by atoms with E-state index in [1.54, 1.807) is 14.2 Å². The van der Waals surface area contributed by atoms with E-state index >= 15 is 0 Å². The lowest BCUT2D eigenvalue weighted by molar-refractivity contribution is -0.121. The van der Waals surface area contributed by atoms with Crippen LogP contribution in [0.15, 0.2) is 18.2 Å². The van der Waals surface area contributed by atoms with Gasteiger partial charge >= 0.3 is 0 Å². The molecule has 1 amide bonds. The van der Waals surface area contributed by atoms with Gasteiger partial charge in [0, 0.05) is 19.0 Å². The predicted molar refractivity (Wildman–Crippen MR) is 86.3 cm³/mol. The van der Waals surface area contributed by atoms with Gasteiger partial charge in [0.15, 0.2) is 0 Å². The number of ether oxygens (including phenoxy) is 2. The van der Waals surface area contributed by atoms with Gasteiger partial charge in [0.2, 0.25) is 5.91 Å². The minimum atomic E-state index is 0. The number of hydrogen-bond donors (Lipinski definition) is 2. The molecule has 0 fully saturated rings. The van der Waals surface area contributed by atoms with E-state index < -0.39 is 0 Å². The van der Waals surface area contributed by atoms with Crippen LogP contribution in [0.1, 0.15) is 18.9 Å². The Morgan fingerprint density at radius 3 is 2.29 bits per heavy atom. The van der Waals surface area contributed by atoms with Crippen LogP contribution in [0.25, 0.3) is 0 Å². The van der Waals surface area contributed by atoms with Crippen molar-refractivity contribution in [3.63, 3.8) is 0 Å². The molecular weight excluding hydrogens is 292 g/mol. The molecule has 1 unspecified atom stereocenters. The number of halogens is 1. The Morgan fingerprint density at radius 2 is 1.81 bits per heavy atom. The van der Waals surface area contributed by atoms with E-state index in [2.05, 4.69) is 5.32 Å². The van der Waals surface area contributed by atoms with Gasteiger partial charge in [-0.25, -0.2) is 0 Å². The number of benzene rings is 1. The molecule has 21 heavy (non-hydrogen) atoms. The normalized spacial score (nSPS) is 11.2. The standard InChI is InChI=1S/C15H24N2O3.ClH/c1-11(9-16)10-17-15(18)5-4-12-6-13(19-2)8-14(7-12)20-3;/h6-8,11H,4-5,9-10,16H2,1-3H3,(H,17,18);1H. The largest absolute Gasteiger partial charge is 0.497 e. The van der Waals surface area contributed by atoms with Crippen molar-refractivity contribution in [1.29, 1.82) is 0 Å². The maximum Gasteiger partial charge on any atom is 0.220 e. The molecule has 0 spiro atoms. The van der Waals surface area contributed by atoms with Crippen LogP contribution in [0.2, 0.25) is 0 Å². The third kappa shape index (κ3) is 7.20. The fourth-order valence-corrected chi connectivity index (χ4v) is 1.73. The van der Waals surface area contributed by atoms with Crippen LogP contribution in [0.3, 0.4) is 0 Å². The van der Waals surface area contributed by atoms with Crippen molar-refractivity contribution < 1.29 is 14.3 Å². The summed E-state index contributed by atoms with van der Waals surface area (Å²) in [4.78, 5) is 11.7. The van der Waals surface area contributed by atoms with Crippen LogP contribution in [-0.2, 0) is 11.2 Å². The molecule has 0 aliphatic heterocycles. The van der Waals surface area contributed by atoms with Crippen molar-refractivity contribution in [2.45, 2.75) is 19.8 Å². The molecule has 0 saturated carbocycles. The highest BCUT2D eigenvalue weighted by Crippen LogP contribution is 2.23. The Kier molecular flexibility index (Phi) is 9.58. The van der Waals surface area contributed by atoms with Crippen LogP contribution in [0, 0.1) is 5.92 Å². The molecule has 0 heterocycles. The number of hydrogen-bond acceptors (Lipinski definition) is 4. The molecule has 1 rings (SSSR count). The molecule has 5 nitrogen and oxygen atoms in total. The number of rotatable bonds is 8. The summed E-state index contributed by atoms with van der Waals surface area (Å²) in [5, 5.41) is 2.88. The topological polar surface area (TPSA) is 73.6 Å². The van der Waals surface area contributed by atoms with Gasteiger partial charge in [-0.2, -0.15) is 0 Å². The minimum absolute atomic E-state index is 0. The van der Waals surface area contributed by atoms with Crippen molar-refractivity contribution in [3.8, 4) is 11.5 Å². The minimum Gasteiger partial charge on any atom is -0.497 e. The number of carbonyl (C=O) groups excluding carboxylic acids is 1. The van der Waals surface area contributed by atoms with E-state index in [4.69, 9.17) is 15.2 Å². The molecule has 0 aromatic heterocycles. The van der Waals surface area contributed by atoms with E-state index in [1.165, 1.54) is 0 Å². The monoisotopic (exact) mass is 316 g/mol. The van der Waals surface area contributed by atoms with Crippen molar-refractivity contribution in [3.05, 3.63) is 23.8 Å². The Hall–Kier alpha value is -1.46. The van der Waals surface area contributed by atoms with Crippen molar-refractivity contribution in [2.75, 3.05) is 27.3 Å². The Morgan fingerprint density at radius 1 is 1.24 bits per heavy atom. The van der Waals surface area contributed by atoms with Crippen LogP contribution in [0.5, 0.6) is 11.5 Å². The lowest BCUT2D eigenvalue weighted by atomic mass is 10.1. The first kappa shape index (κ1) is 19.5. The van der Waals surface area contributed by atoms with Gasteiger partial charge in [0.1, 0.15) is 11.5 Å². The Labute approximate surface area is 132 Å². The lowest BCUT2D eigenvalue weighted by Gasteiger charge is -2.11. The van der Waals surface area contributed by atoms with E-state index in [1.807, 2.05) is 25.1 Å². The zero-order chi connectivity index (χ0) is 15.0. The number of methoxy groups -OCH3 is 2. The fourth-order valence-electron chi connectivity index (χ4n) is 1.73. The SMILES string of the molecule is COc1cc(CCC(=O)NCC(C)CN)cc(OC)c1.Cl. The molecular formula is C15H25ClN2O3. The van der Waals surface area contributed by atoms with Gasteiger partial charge in [-0.1, -0.05) is 6.92 Å². The molecule has 3 N–H and O–H groups in total. The lowest BCUT2D eigenvalue weighted by Crippen LogP contribution is -2.31. The van der Waals surface area contributed by atoms with Crippen LogP contribution in [-0.4, -0.2) is 33.2 Å². The molecule has 1 aromatic rings. The second-order valence-electron chi connectivity index (χ2n) is 4.87. The third-order valence-electron chi connectivity index (χ3n) is 3.10. The highest BCUT2D eigenvalue weighted by atomic mass is 35.5. The van der Waals surface area contributed by atoms with Crippen LogP contribution < -0.4 is 20.5 Å². The zero-order valence-electron chi connectivity index (χ0n) is 12.8. The Balaban J connectivity index is 0.00000400. The average Bonchev–Trinajstić information content (AvgIpc) is 2.49. The van der Waals surface area contributed by atoms with E-state index in [0.717, 1.165) is 17.1 Å². The molecule has 0 aliphatic rings. The van der Waals surface area contributed by atoms with Gasteiger partial charge in [-0.05, 0) is 36.6 Å². The van der Waals surface area contributed by atoms with Crippen molar-refractivity contribution >= 4 is 18.3 Å². The summed E-state index contributed by atoms with van der Waals surface area (Å²) in [6.07, 6.45) is 1.09. The van der Waals surface area contributed by atoms with Crippen molar-refractivity contribution in [1.82, 2.24) is 5.32 Å². The summed E-state index contributed by atoms with van der Waals surface area (Å²) in [7, 11) is 3.22. The fraction of sp³-hybridized carbons (Fsp3) is 0.533. The first-order valence-corrected chi connectivity index (χ1v) is 6.77. The van der Waals surface area contributed by atoms with E-state index in [9.17, 15) is 4.79 Å². The van der Waals surface area contributed by atoms with Gasteiger partial charge in [-0.15, -0.1) is 12.4 Å². The van der Waals surface area contributed by atoms with E-state index in [0.29, 0.717) is 31.8 Å². The summed E-state index contributed by atoms with van der Waals surface area (Å²) in [5.74, 6) is 1.80. The number of carbonyl (C=O) groups is 1. The highest BCUT2D eigenvalue weighted by Gasteiger charge is 2.07. The number of aryl methyl sites for hydroxylation is 1. The molecule has 1 aromatic carbocycles. The molecule has 0 saturated heterocycles. The molecule has 0 bridgehead atoms. The number of nitrogens with one attached hydrogen (secondary N) is 1. The van der Waals surface area contributed by atoms with Crippen LogP contribution >= 0.6 is 12.4 Å². The summed E-state index contributed by atoms with van der Waals surface area (Å²) in [6.45, 7) is 3.21. The Bertz CT molecular complexity index is 419. The van der Waals surface area contributed by atoms with Gasteiger partial charge < -0.3 is 20.5 Å². The van der Waals surface area contributed by atoms with Crippen LogP contribution in [0.4, 0.5) is 0 Å². The smallest absolute Gasteiger partial charge is 0.220 e. The van der Waals surface area contributed by atoms with Crippen molar-refractivity contribution in [2.24, 2.45) is 11.7 Å². The second-order valence-corrected chi connectivity index (χ2v) is 4.87. The highest BCUT2D eigenvalue weighted by molar-refractivity contribution is 5.85. The molecule has 0 radical (unpaired) electrons. The first-order valence-electron chi connectivity index (χ1n) is 6.77. The summed E-state index contributed by atoms with van der Waals surface area (Å²) in [6, 6.07) is 5.64. The maximum absolute atomic E-state index is 11.7. The first-order chi connectivity index (χ1) is 9.58. The van der Waals surface area contributed by atoms with Gasteiger partial charge in [-0.3, -0.25) is 4.79 Å². The van der Waals surface area contributed by atoms with Gasteiger partial charge in [0.25, 0.3) is 0 Å². The number of nitrogens with two attached hydrogens (primary N) is 1. The molecule has 0 aliphatic carbocycles. The predicted octanol–water partition coefficient (Wildman–Crippen LogP) is 1.77. The maximum atomic E-state index is 11.7. The summed E-state index contributed by atoms with van der Waals surface area (Å²) < 4.78 is 10.4. The summed E-state index contributed by atoms with van der Waals surface area (Å²) in [5.41, 5.74) is 6.52. The zero-order valence-corrected chi connectivity index (χ0v) is 13.7. The molecule has 6 heteroatoms. The molecule has 1 atom stereocenters. The van der Waals surface area contributed by atoms with Gasteiger partial charge in [0.05, 0.1) is 14.2 Å². The summed E-state index contributed by atoms with van der Waals surface area (Å²) >= 11 is 0. The molecule has 120 valence electrons. The quantitative estimate of drug-likeness (QED) is 0.766. The second kappa shape index (κ2) is 10.3.